The lowest BCUT2D eigenvalue weighted by molar-refractivity contribution is -0.116. The van der Waals surface area contributed by atoms with Crippen LogP contribution in [0.1, 0.15) is 23.4 Å². The highest BCUT2D eigenvalue weighted by Gasteiger charge is 2.17. The number of aryl methyl sites for hydroxylation is 2. The molecule has 140 valence electrons. The predicted octanol–water partition coefficient (Wildman–Crippen LogP) is 2.85. The molecule has 0 radical (unpaired) electrons. The summed E-state index contributed by atoms with van der Waals surface area (Å²) >= 11 is 3.47. The van der Waals surface area contributed by atoms with Crippen molar-refractivity contribution in [1.82, 2.24) is 19.6 Å². The maximum atomic E-state index is 12.5. The second kappa shape index (κ2) is 7.15. The minimum absolute atomic E-state index is 0.0927. The lowest BCUT2D eigenvalue weighted by Gasteiger charge is -2.20. The van der Waals surface area contributed by atoms with Crippen LogP contribution < -0.4 is 14.8 Å². The Morgan fingerprint density at radius 1 is 1.26 bits per heavy atom. The van der Waals surface area contributed by atoms with Crippen LogP contribution >= 0.6 is 15.9 Å². The SMILES string of the molecule is Cc1nc2ncnn2c(C)c1CCC(=O)Nc1cc2c(cc1Br)OCCO2. The highest BCUT2D eigenvalue weighted by atomic mass is 79.9. The molecule has 0 bridgehead atoms. The van der Waals surface area contributed by atoms with Gasteiger partial charge in [0.1, 0.15) is 19.5 Å². The minimum Gasteiger partial charge on any atom is -0.486 e. The highest BCUT2D eigenvalue weighted by molar-refractivity contribution is 9.10. The van der Waals surface area contributed by atoms with Gasteiger partial charge in [0.05, 0.1) is 5.69 Å². The number of ether oxygens (including phenoxy) is 2. The number of carbonyl (C=O) groups excluding carboxylic acids is 1. The summed E-state index contributed by atoms with van der Waals surface area (Å²) in [5, 5.41) is 7.10. The summed E-state index contributed by atoms with van der Waals surface area (Å²) in [4.78, 5) is 21.0. The zero-order valence-electron chi connectivity index (χ0n) is 15.0. The van der Waals surface area contributed by atoms with E-state index in [-0.39, 0.29) is 5.91 Å². The smallest absolute Gasteiger partial charge is 0.252 e. The van der Waals surface area contributed by atoms with E-state index in [1.165, 1.54) is 6.33 Å². The molecule has 3 aromatic rings. The normalized spacial score (nSPS) is 13.0. The highest BCUT2D eigenvalue weighted by Crippen LogP contribution is 2.38. The summed E-state index contributed by atoms with van der Waals surface area (Å²) in [5.41, 5.74) is 3.47. The van der Waals surface area contributed by atoms with Gasteiger partial charge < -0.3 is 14.8 Å². The zero-order chi connectivity index (χ0) is 19.0. The van der Waals surface area contributed by atoms with Crippen LogP contribution in [0.3, 0.4) is 0 Å². The molecule has 27 heavy (non-hydrogen) atoms. The van der Waals surface area contributed by atoms with E-state index in [1.807, 2.05) is 13.8 Å². The number of rotatable bonds is 4. The molecule has 0 fully saturated rings. The van der Waals surface area contributed by atoms with Crippen molar-refractivity contribution in [3.05, 3.63) is 39.9 Å². The lowest BCUT2D eigenvalue weighted by atomic mass is 10.1. The summed E-state index contributed by atoms with van der Waals surface area (Å²) in [5.74, 6) is 1.78. The number of nitrogens with one attached hydrogen (secondary N) is 1. The van der Waals surface area contributed by atoms with Crippen LogP contribution in [-0.2, 0) is 11.2 Å². The van der Waals surface area contributed by atoms with E-state index in [0.717, 1.165) is 21.4 Å². The van der Waals surface area contributed by atoms with Gasteiger partial charge in [0, 0.05) is 34.4 Å². The molecule has 0 aliphatic carbocycles. The number of halogens is 1. The first-order valence-corrected chi connectivity index (χ1v) is 9.37. The number of hydrogen-bond donors (Lipinski definition) is 1. The Kier molecular flexibility index (Phi) is 4.69. The fourth-order valence-corrected chi connectivity index (χ4v) is 3.55. The van der Waals surface area contributed by atoms with Crippen molar-refractivity contribution in [1.29, 1.82) is 0 Å². The summed E-state index contributed by atoms with van der Waals surface area (Å²) < 4.78 is 13.6. The quantitative estimate of drug-likeness (QED) is 0.682. The van der Waals surface area contributed by atoms with Gasteiger partial charge in [-0.3, -0.25) is 4.79 Å². The van der Waals surface area contributed by atoms with Crippen molar-refractivity contribution >= 4 is 33.3 Å². The third-order valence-electron chi connectivity index (χ3n) is 4.50. The van der Waals surface area contributed by atoms with Gasteiger partial charge in [0.15, 0.2) is 11.5 Å². The molecular weight excluding hydrogens is 414 g/mol. The average Bonchev–Trinajstić information content (AvgIpc) is 3.10. The van der Waals surface area contributed by atoms with E-state index < -0.39 is 0 Å². The first kappa shape index (κ1) is 17.7. The molecule has 0 unspecified atom stereocenters. The minimum atomic E-state index is -0.0927. The fourth-order valence-electron chi connectivity index (χ4n) is 3.13. The van der Waals surface area contributed by atoms with Gasteiger partial charge in [0.2, 0.25) is 5.91 Å². The molecule has 2 aromatic heterocycles. The van der Waals surface area contributed by atoms with Gasteiger partial charge in [-0.1, -0.05) is 0 Å². The van der Waals surface area contributed by atoms with Gasteiger partial charge in [-0.15, -0.1) is 0 Å². The van der Waals surface area contributed by atoms with Gasteiger partial charge in [-0.25, -0.2) is 9.50 Å². The topological polar surface area (TPSA) is 90.6 Å². The van der Waals surface area contributed by atoms with Crippen LogP contribution in [0, 0.1) is 13.8 Å². The van der Waals surface area contributed by atoms with E-state index >= 15 is 0 Å². The molecule has 9 heteroatoms. The average molecular weight is 432 g/mol. The second-order valence-electron chi connectivity index (χ2n) is 6.26. The maximum Gasteiger partial charge on any atom is 0.252 e. The Morgan fingerprint density at radius 2 is 2.00 bits per heavy atom. The van der Waals surface area contributed by atoms with Crippen LogP contribution in [0.15, 0.2) is 22.9 Å². The first-order chi connectivity index (χ1) is 13.0. The molecule has 4 rings (SSSR count). The molecule has 0 atom stereocenters. The summed E-state index contributed by atoms with van der Waals surface area (Å²) in [6.45, 7) is 4.90. The number of aromatic nitrogens is 4. The molecule has 3 heterocycles. The van der Waals surface area contributed by atoms with Crippen LogP contribution in [0.5, 0.6) is 11.5 Å². The van der Waals surface area contributed by atoms with E-state index in [2.05, 4.69) is 36.3 Å². The Hall–Kier alpha value is -2.68. The van der Waals surface area contributed by atoms with Crippen molar-refractivity contribution < 1.29 is 14.3 Å². The Balaban J connectivity index is 1.48. The van der Waals surface area contributed by atoms with Crippen LogP contribution in [0.25, 0.3) is 5.78 Å². The van der Waals surface area contributed by atoms with E-state index in [9.17, 15) is 4.79 Å². The number of anilines is 1. The first-order valence-electron chi connectivity index (χ1n) is 8.57. The van der Waals surface area contributed by atoms with E-state index in [1.54, 1.807) is 16.6 Å². The molecule has 1 N–H and O–H groups in total. The fraction of sp³-hybridized carbons (Fsp3) is 0.333. The Morgan fingerprint density at radius 3 is 2.78 bits per heavy atom. The van der Waals surface area contributed by atoms with Gasteiger partial charge >= 0.3 is 0 Å². The standard InChI is InChI=1S/C18H18BrN5O3/c1-10-12(11(2)24-18(22-10)20-9-21-24)3-4-17(25)23-14-8-16-15(7-13(14)19)26-5-6-27-16/h7-9H,3-6H2,1-2H3,(H,23,25). The van der Waals surface area contributed by atoms with Crippen LogP contribution in [0.2, 0.25) is 0 Å². The third kappa shape index (κ3) is 3.46. The second-order valence-corrected chi connectivity index (χ2v) is 7.11. The maximum absolute atomic E-state index is 12.5. The molecular formula is C18H18BrN5O3. The molecule has 0 saturated carbocycles. The molecule has 8 nitrogen and oxygen atoms in total. The number of carbonyl (C=O) groups is 1. The summed E-state index contributed by atoms with van der Waals surface area (Å²) in [6, 6.07) is 3.58. The molecule has 1 aliphatic rings. The van der Waals surface area contributed by atoms with Gasteiger partial charge in [-0.05, 0) is 41.8 Å². The molecule has 1 amide bonds. The zero-order valence-corrected chi connectivity index (χ0v) is 16.5. The summed E-state index contributed by atoms with van der Waals surface area (Å²) in [7, 11) is 0. The summed E-state index contributed by atoms with van der Waals surface area (Å²) in [6.07, 6.45) is 2.36. The molecule has 1 aliphatic heterocycles. The van der Waals surface area contributed by atoms with E-state index in [0.29, 0.717) is 49.0 Å². The van der Waals surface area contributed by atoms with Gasteiger partial charge in [-0.2, -0.15) is 10.1 Å². The molecule has 1 aromatic carbocycles. The van der Waals surface area contributed by atoms with E-state index in [4.69, 9.17) is 9.47 Å². The predicted molar refractivity (Wildman–Crippen MR) is 102 cm³/mol. The van der Waals surface area contributed by atoms with Gasteiger partial charge in [0.25, 0.3) is 5.78 Å². The van der Waals surface area contributed by atoms with Crippen molar-refractivity contribution in [3.63, 3.8) is 0 Å². The van der Waals surface area contributed by atoms with Crippen LogP contribution in [0.4, 0.5) is 5.69 Å². The Labute approximate surface area is 164 Å². The van der Waals surface area contributed by atoms with Crippen molar-refractivity contribution in [2.45, 2.75) is 26.7 Å². The number of hydrogen-bond acceptors (Lipinski definition) is 6. The number of fused-ring (bicyclic) bond motifs is 2. The molecule has 0 saturated heterocycles. The van der Waals surface area contributed by atoms with Crippen molar-refractivity contribution in [2.24, 2.45) is 0 Å². The van der Waals surface area contributed by atoms with Crippen LogP contribution in [-0.4, -0.2) is 38.7 Å². The number of amides is 1. The number of nitrogens with zero attached hydrogens (tertiary/aromatic N) is 4. The Bertz CT molecular complexity index is 1030. The third-order valence-corrected chi connectivity index (χ3v) is 5.15. The van der Waals surface area contributed by atoms with Crippen molar-refractivity contribution in [2.75, 3.05) is 18.5 Å². The molecule has 0 spiro atoms. The monoisotopic (exact) mass is 431 g/mol. The number of benzene rings is 1. The largest absolute Gasteiger partial charge is 0.486 e. The lowest BCUT2D eigenvalue weighted by Crippen LogP contribution is -2.17. The van der Waals surface area contributed by atoms with Crippen molar-refractivity contribution in [3.8, 4) is 11.5 Å².